The first-order valence-electron chi connectivity index (χ1n) is 4.77. The molecule has 1 aromatic carbocycles. The Bertz CT molecular complexity index is 427. The predicted molar refractivity (Wildman–Crippen MR) is 62.4 cm³/mol. The first kappa shape index (κ1) is 10.3. The minimum Gasteiger partial charge on any atom is -0.475 e. The first-order valence-corrected chi connectivity index (χ1v) is 5.14. The summed E-state index contributed by atoms with van der Waals surface area (Å²) in [5.74, 6) is 0.583. The van der Waals surface area contributed by atoms with Crippen LogP contribution in [0, 0.1) is 0 Å². The topological polar surface area (TPSA) is 47.6 Å². The molecule has 0 aliphatic carbocycles. The maximum atomic E-state index is 5.93. The Balaban J connectivity index is 2.44. The SMILES string of the molecule is CC1(C)COC(c2cccc(Cl)c2N)=N1. The number of aliphatic imine (C=N–C) groups is 1. The number of ether oxygens (including phenoxy) is 1. The highest BCUT2D eigenvalue weighted by molar-refractivity contribution is 6.33. The van der Waals surface area contributed by atoms with Crippen LogP contribution < -0.4 is 5.73 Å². The van der Waals surface area contributed by atoms with Crippen LogP contribution >= 0.6 is 11.6 Å². The number of halogens is 1. The van der Waals surface area contributed by atoms with Crippen molar-refractivity contribution in [3.05, 3.63) is 28.8 Å². The molecule has 1 aliphatic rings. The van der Waals surface area contributed by atoms with Gasteiger partial charge in [-0.25, -0.2) is 4.99 Å². The van der Waals surface area contributed by atoms with Gasteiger partial charge in [0, 0.05) is 0 Å². The van der Waals surface area contributed by atoms with Crippen molar-refractivity contribution >= 4 is 23.2 Å². The van der Waals surface area contributed by atoms with E-state index < -0.39 is 0 Å². The number of anilines is 1. The molecule has 2 N–H and O–H groups in total. The van der Waals surface area contributed by atoms with E-state index in [1.54, 1.807) is 6.07 Å². The molecule has 3 nitrogen and oxygen atoms in total. The quantitative estimate of drug-likeness (QED) is 0.745. The summed E-state index contributed by atoms with van der Waals surface area (Å²) in [6, 6.07) is 5.45. The van der Waals surface area contributed by atoms with E-state index in [2.05, 4.69) is 4.99 Å². The summed E-state index contributed by atoms with van der Waals surface area (Å²) in [6.07, 6.45) is 0. The van der Waals surface area contributed by atoms with Crippen LogP contribution in [-0.4, -0.2) is 18.0 Å². The molecule has 0 unspecified atom stereocenters. The summed E-state index contributed by atoms with van der Waals surface area (Å²) in [5, 5.41) is 0.531. The van der Waals surface area contributed by atoms with Crippen molar-refractivity contribution in [2.24, 2.45) is 4.99 Å². The maximum Gasteiger partial charge on any atom is 0.218 e. The minimum atomic E-state index is -0.176. The van der Waals surface area contributed by atoms with Crippen LogP contribution in [0.15, 0.2) is 23.2 Å². The monoisotopic (exact) mass is 224 g/mol. The van der Waals surface area contributed by atoms with Crippen molar-refractivity contribution < 1.29 is 4.74 Å². The van der Waals surface area contributed by atoms with Gasteiger partial charge >= 0.3 is 0 Å². The van der Waals surface area contributed by atoms with Gasteiger partial charge in [-0.05, 0) is 26.0 Å². The largest absolute Gasteiger partial charge is 0.475 e. The second-order valence-corrected chi connectivity index (χ2v) is 4.63. The van der Waals surface area contributed by atoms with Crippen LogP contribution in [0.5, 0.6) is 0 Å². The Labute approximate surface area is 93.9 Å². The lowest BCUT2D eigenvalue weighted by atomic mass is 10.1. The molecule has 0 amide bonds. The number of hydrogen-bond acceptors (Lipinski definition) is 3. The third-order valence-corrected chi connectivity index (χ3v) is 2.58. The Morgan fingerprint density at radius 3 is 2.80 bits per heavy atom. The molecule has 0 aromatic heterocycles. The third kappa shape index (κ3) is 1.92. The summed E-state index contributed by atoms with van der Waals surface area (Å²) in [6.45, 7) is 4.61. The molecule has 0 spiro atoms. The molecular weight excluding hydrogens is 212 g/mol. The van der Waals surface area contributed by atoms with Gasteiger partial charge in [-0.2, -0.15) is 0 Å². The van der Waals surface area contributed by atoms with Gasteiger partial charge < -0.3 is 10.5 Å². The van der Waals surface area contributed by atoms with Crippen molar-refractivity contribution in [1.29, 1.82) is 0 Å². The van der Waals surface area contributed by atoms with E-state index >= 15 is 0 Å². The Morgan fingerprint density at radius 1 is 1.47 bits per heavy atom. The van der Waals surface area contributed by atoms with Crippen molar-refractivity contribution in [3.8, 4) is 0 Å². The molecule has 4 heteroatoms. The number of nitrogens with zero attached hydrogens (tertiary/aromatic N) is 1. The molecule has 1 aliphatic heterocycles. The van der Waals surface area contributed by atoms with E-state index in [-0.39, 0.29) is 5.54 Å². The van der Waals surface area contributed by atoms with Crippen LogP contribution in [0.25, 0.3) is 0 Å². The second kappa shape index (κ2) is 3.42. The van der Waals surface area contributed by atoms with Gasteiger partial charge in [0.05, 0.1) is 21.8 Å². The smallest absolute Gasteiger partial charge is 0.218 e. The number of benzene rings is 1. The molecule has 1 aromatic rings. The van der Waals surface area contributed by atoms with Crippen LogP contribution in [0.1, 0.15) is 19.4 Å². The normalized spacial score (nSPS) is 18.5. The van der Waals surface area contributed by atoms with Gasteiger partial charge in [-0.3, -0.25) is 0 Å². The summed E-state index contributed by atoms with van der Waals surface area (Å²) < 4.78 is 5.50. The standard InChI is InChI=1S/C11H13ClN2O/c1-11(2)6-15-10(14-11)7-4-3-5-8(12)9(7)13/h3-5H,6,13H2,1-2H3. The zero-order chi connectivity index (χ0) is 11.1. The average molecular weight is 225 g/mol. The fourth-order valence-electron chi connectivity index (χ4n) is 1.45. The number of rotatable bonds is 1. The first-order chi connectivity index (χ1) is 6.99. The van der Waals surface area contributed by atoms with Gasteiger partial charge in [0.25, 0.3) is 0 Å². The zero-order valence-electron chi connectivity index (χ0n) is 8.75. The van der Waals surface area contributed by atoms with Gasteiger partial charge in [0.15, 0.2) is 0 Å². The molecular formula is C11H13ClN2O. The Morgan fingerprint density at radius 2 is 2.20 bits per heavy atom. The highest BCUT2D eigenvalue weighted by Crippen LogP contribution is 2.27. The van der Waals surface area contributed by atoms with E-state index in [9.17, 15) is 0 Å². The maximum absolute atomic E-state index is 5.93. The molecule has 80 valence electrons. The average Bonchev–Trinajstić information content (AvgIpc) is 2.51. The number of hydrogen-bond donors (Lipinski definition) is 1. The van der Waals surface area contributed by atoms with Crippen LogP contribution in [-0.2, 0) is 4.74 Å². The second-order valence-electron chi connectivity index (χ2n) is 4.22. The molecule has 1 heterocycles. The lowest BCUT2D eigenvalue weighted by molar-refractivity contribution is 0.279. The predicted octanol–water partition coefficient (Wildman–Crippen LogP) is 2.48. The lowest BCUT2D eigenvalue weighted by Crippen LogP contribution is -2.17. The molecule has 0 saturated carbocycles. The highest BCUT2D eigenvalue weighted by Gasteiger charge is 2.28. The van der Waals surface area contributed by atoms with E-state index in [4.69, 9.17) is 22.1 Å². The third-order valence-electron chi connectivity index (χ3n) is 2.25. The lowest BCUT2D eigenvalue weighted by Gasteiger charge is -2.07. The van der Waals surface area contributed by atoms with Crippen LogP contribution in [0.2, 0.25) is 5.02 Å². The van der Waals surface area contributed by atoms with Crippen molar-refractivity contribution in [2.75, 3.05) is 12.3 Å². The van der Waals surface area contributed by atoms with Gasteiger partial charge in [-0.1, -0.05) is 17.7 Å². The Kier molecular flexibility index (Phi) is 2.35. The fraction of sp³-hybridized carbons (Fsp3) is 0.364. The van der Waals surface area contributed by atoms with Crippen molar-refractivity contribution in [2.45, 2.75) is 19.4 Å². The molecule has 0 radical (unpaired) electrons. The molecule has 15 heavy (non-hydrogen) atoms. The van der Waals surface area contributed by atoms with E-state index in [1.165, 1.54) is 0 Å². The number of nitrogens with two attached hydrogens (primary N) is 1. The van der Waals surface area contributed by atoms with Crippen molar-refractivity contribution in [3.63, 3.8) is 0 Å². The van der Waals surface area contributed by atoms with Crippen LogP contribution in [0.3, 0.4) is 0 Å². The molecule has 2 rings (SSSR count). The van der Waals surface area contributed by atoms with Gasteiger partial charge in [-0.15, -0.1) is 0 Å². The van der Waals surface area contributed by atoms with E-state index in [0.717, 1.165) is 5.56 Å². The molecule has 0 bridgehead atoms. The number of nitrogen functional groups attached to an aromatic ring is 1. The molecule has 0 saturated heterocycles. The summed E-state index contributed by atoms with van der Waals surface area (Å²) in [7, 11) is 0. The minimum absolute atomic E-state index is 0.176. The van der Waals surface area contributed by atoms with Gasteiger partial charge in [0.1, 0.15) is 6.61 Å². The zero-order valence-corrected chi connectivity index (χ0v) is 9.51. The summed E-state index contributed by atoms with van der Waals surface area (Å²) in [5.41, 5.74) is 6.98. The number of para-hydroxylation sites is 1. The van der Waals surface area contributed by atoms with Crippen molar-refractivity contribution in [1.82, 2.24) is 0 Å². The molecule has 0 atom stereocenters. The fourth-order valence-corrected chi connectivity index (χ4v) is 1.62. The van der Waals surface area contributed by atoms with E-state index in [1.807, 2.05) is 26.0 Å². The Hall–Kier alpha value is -1.22. The van der Waals surface area contributed by atoms with Crippen LogP contribution in [0.4, 0.5) is 5.69 Å². The van der Waals surface area contributed by atoms with Gasteiger partial charge in [0.2, 0.25) is 5.90 Å². The summed E-state index contributed by atoms with van der Waals surface area (Å²) in [4.78, 5) is 4.45. The summed E-state index contributed by atoms with van der Waals surface area (Å²) >= 11 is 5.93. The highest BCUT2D eigenvalue weighted by atomic mass is 35.5. The molecule has 0 fully saturated rings. The van der Waals surface area contributed by atoms with E-state index in [0.29, 0.717) is 23.2 Å².